The monoisotopic (exact) mass is 269 g/mol. The van der Waals surface area contributed by atoms with Crippen molar-refractivity contribution < 1.29 is 19.4 Å². The molecule has 2 heterocycles. The number of nitrogens with zero attached hydrogens (tertiary/aromatic N) is 1. The number of hydrogen-bond acceptors (Lipinski definition) is 3. The summed E-state index contributed by atoms with van der Waals surface area (Å²) in [7, 11) is 0. The van der Waals surface area contributed by atoms with Crippen LogP contribution in [-0.2, 0) is 9.53 Å². The largest absolute Gasteiger partial charge is 0.481 e. The van der Waals surface area contributed by atoms with Crippen molar-refractivity contribution in [2.75, 3.05) is 0 Å². The van der Waals surface area contributed by atoms with Crippen molar-refractivity contribution in [1.82, 2.24) is 4.90 Å². The van der Waals surface area contributed by atoms with E-state index in [-0.39, 0.29) is 18.2 Å². The molecule has 2 aliphatic rings. The molecule has 108 valence electrons. The van der Waals surface area contributed by atoms with Crippen LogP contribution in [0.5, 0.6) is 0 Å². The van der Waals surface area contributed by atoms with E-state index in [4.69, 9.17) is 4.74 Å². The third-order valence-corrected chi connectivity index (χ3v) is 4.33. The summed E-state index contributed by atoms with van der Waals surface area (Å²) in [4.78, 5) is 25.5. The Labute approximate surface area is 113 Å². The van der Waals surface area contributed by atoms with Gasteiger partial charge in [0.15, 0.2) is 0 Å². The van der Waals surface area contributed by atoms with E-state index in [2.05, 4.69) is 0 Å². The molecular weight excluding hydrogens is 246 g/mol. The molecule has 3 unspecified atom stereocenters. The molecule has 2 saturated heterocycles. The zero-order valence-corrected chi connectivity index (χ0v) is 12.1. The number of carbonyl (C=O) groups excluding carboxylic acids is 1. The van der Waals surface area contributed by atoms with Gasteiger partial charge in [-0.25, -0.2) is 4.79 Å². The summed E-state index contributed by atoms with van der Waals surface area (Å²) in [6.45, 7) is 7.23. The van der Waals surface area contributed by atoms with Crippen LogP contribution in [0.3, 0.4) is 0 Å². The molecule has 0 aromatic heterocycles. The van der Waals surface area contributed by atoms with Gasteiger partial charge >= 0.3 is 12.1 Å². The van der Waals surface area contributed by atoms with Crippen LogP contribution in [0.25, 0.3) is 0 Å². The van der Waals surface area contributed by atoms with Crippen molar-refractivity contribution in [3.63, 3.8) is 0 Å². The average molecular weight is 269 g/mol. The van der Waals surface area contributed by atoms with Crippen LogP contribution >= 0.6 is 0 Å². The molecule has 2 rings (SSSR count). The van der Waals surface area contributed by atoms with Crippen molar-refractivity contribution >= 4 is 12.1 Å². The van der Waals surface area contributed by atoms with Gasteiger partial charge in [-0.2, -0.15) is 0 Å². The molecule has 0 saturated carbocycles. The third kappa shape index (κ3) is 2.42. The molecule has 5 heteroatoms. The van der Waals surface area contributed by atoms with E-state index in [0.717, 1.165) is 19.3 Å². The Morgan fingerprint density at radius 2 is 1.89 bits per heavy atom. The van der Waals surface area contributed by atoms with Gasteiger partial charge in [0, 0.05) is 6.04 Å². The van der Waals surface area contributed by atoms with Crippen molar-refractivity contribution in [3.8, 4) is 0 Å². The highest BCUT2D eigenvalue weighted by Gasteiger charge is 2.55. The quantitative estimate of drug-likeness (QED) is 0.794. The first-order valence-electron chi connectivity index (χ1n) is 6.90. The summed E-state index contributed by atoms with van der Waals surface area (Å²) in [5, 5.41) is 9.47. The van der Waals surface area contributed by atoms with Crippen LogP contribution in [0.15, 0.2) is 0 Å². The van der Waals surface area contributed by atoms with Crippen molar-refractivity contribution in [3.05, 3.63) is 0 Å². The highest BCUT2D eigenvalue weighted by Crippen LogP contribution is 2.47. The second kappa shape index (κ2) is 4.39. The molecule has 3 atom stereocenters. The van der Waals surface area contributed by atoms with Crippen LogP contribution in [0.2, 0.25) is 0 Å². The van der Waals surface area contributed by atoms with E-state index >= 15 is 0 Å². The minimum Gasteiger partial charge on any atom is -0.481 e. The lowest BCUT2D eigenvalue weighted by Crippen LogP contribution is -2.56. The molecule has 2 fully saturated rings. The summed E-state index contributed by atoms with van der Waals surface area (Å²) in [5.41, 5.74) is -1.39. The number of ether oxygens (including phenoxy) is 1. The first-order chi connectivity index (χ1) is 8.65. The van der Waals surface area contributed by atoms with Gasteiger partial charge in [0.2, 0.25) is 0 Å². The lowest BCUT2D eigenvalue weighted by molar-refractivity contribution is -0.154. The molecule has 2 bridgehead atoms. The van der Waals surface area contributed by atoms with E-state index in [9.17, 15) is 14.7 Å². The maximum absolute atomic E-state index is 12.3. The molecule has 0 radical (unpaired) electrons. The summed E-state index contributed by atoms with van der Waals surface area (Å²) < 4.78 is 5.43. The Morgan fingerprint density at radius 3 is 2.42 bits per heavy atom. The Hall–Kier alpha value is -1.26. The predicted octanol–water partition coefficient (Wildman–Crippen LogP) is 2.64. The Balaban J connectivity index is 2.22. The first-order valence-corrected chi connectivity index (χ1v) is 6.90. The predicted molar refractivity (Wildman–Crippen MR) is 69.9 cm³/mol. The Morgan fingerprint density at radius 1 is 1.26 bits per heavy atom. The summed E-state index contributed by atoms with van der Waals surface area (Å²) in [6.07, 6.45) is 2.65. The van der Waals surface area contributed by atoms with Crippen LogP contribution < -0.4 is 0 Å². The summed E-state index contributed by atoms with van der Waals surface area (Å²) >= 11 is 0. The Bertz CT molecular complexity index is 401. The number of amides is 1. The molecule has 0 aliphatic carbocycles. The zero-order valence-electron chi connectivity index (χ0n) is 12.1. The van der Waals surface area contributed by atoms with E-state index in [1.54, 1.807) is 11.8 Å². The molecule has 5 nitrogen and oxygen atoms in total. The van der Waals surface area contributed by atoms with Gasteiger partial charge in [0.05, 0.1) is 11.5 Å². The van der Waals surface area contributed by atoms with Crippen molar-refractivity contribution in [2.45, 2.75) is 71.1 Å². The average Bonchev–Trinajstić information content (AvgIpc) is 2.60. The normalized spacial score (nSPS) is 34.2. The highest BCUT2D eigenvalue weighted by molar-refractivity contribution is 5.78. The number of carboxylic acid groups (broad SMARTS) is 1. The maximum atomic E-state index is 12.3. The minimum atomic E-state index is -0.843. The highest BCUT2D eigenvalue weighted by atomic mass is 16.6. The van der Waals surface area contributed by atoms with Crippen molar-refractivity contribution in [2.24, 2.45) is 5.41 Å². The number of fused-ring (bicyclic) bond motifs is 2. The Kier molecular flexibility index (Phi) is 3.27. The minimum absolute atomic E-state index is 0.146. The van der Waals surface area contributed by atoms with E-state index in [0.29, 0.717) is 6.42 Å². The number of piperidine rings is 1. The standard InChI is InChI=1S/C14H23NO4/c1-13(2,3)19-12(18)15-9-5-6-10(15)14(4,8-7-9)11(16)17/h9-10H,5-8H2,1-4H3,(H,16,17). The zero-order chi connectivity index (χ0) is 14.4. The van der Waals surface area contributed by atoms with Crippen LogP contribution in [0.4, 0.5) is 4.79 Å². The molecule has 0 aromatic carbocycles. The smallest absolute Gasteiger partial charge is 0.410 e. The summed E-state index contributed by atoms with van der Waals surface area (Å²) in [6, 6.07) is -0.0918. The SMILES string of the molecule is CC(C)(C)OC(=O)N1C2CCC1C(C)(C(=O)O)CC2. The third-order valence-electron chi connectivity index (χ3n) is 4.33. The van der Waals surface area contributed by atoms with E-state index < -0.39 is 17.0 Å². The number of aliphatic carboxylic acids is 1. The van der Waals surface area contributed by atoms with Gasteiger partial charge < -0.3 is 14.7 Å². The first kappa shape index (κ1) is 14.2. The second-order valence-corrected chi connectivity index (χ2v) is 6.90. The fourth-order valence-electron chi connectivity index (χ4n) is 3.27. The van der Waals surface area contributed by atoms with Crippen molar-refractivity contribution in [1.29, 1.82) is 0 Å². The molecular formula is C14H23NO4. The topological polar surface area (TPSA) is 66.8 Å². The van der Waals surface area contributed by atoms with Crippen LogP contribution in [-0.4, -0.2) is 39.8 Å². The molecule has 1 N–H and O–H groups in total. The van der Waals surface area contributed by atoms with E-state index in [1.807, 2.05) is 20.8 Å². The van der Waals surface area contributed by atoms with Gasteiger partial charge in [-0.05, 0) is 53.4 Å². The molecule has 2 aliphatic heterocycles. The lowest BCUT2D eigenvalue weighted by Gasteiger charge is -2.44. The van der Waals surface area contributed by atoms with Gasteiger partial charge in [0.1, 0.15) is 5.60 Å². The van der Waals surface area contributed by atoms with Crippen LogP contribution in [0.1, 0.15) is 53.4 Å². The van der Waals surface area contributed by atoms with E-state index in [1.165, 1.54) is 0 Å². The van der Waals surface area contributed by atoms with Gasteiger partial charge in [-0.15, -0.1) is 0 Å². The second-order valence-electron chi connectivity index (χ2n) is 6.90. The van der Waals surface area contributed by atoms with Crippen LogP contribution in [0, 0.1) is 5.41 Å². The molecule has 0 spiro atoms. The molecule has 19 heavy (non-hydrogen) atoms. The fraction of sp³-hybridized carbons (Fsp3) is 0.857. The molecule has 1 amide bonds. The number of carboxylic acids is 1. The maximum Gasteiger partial charge on any atom is 0.410 e. The lowest BCUT2D eigenvalue weighted by atomic mass is 9.75. The van der Waals surface area contributed by atoms with Gasteiger partial charge in [-0.1, -0.05) is 0 Å². The van der Waals surface area contributed by atoms with Gasteiger partial charge in [0.25, 0.3) is 0 Å². The number of hydrogen-bond donors (Lipinski definition) is 1. The fourth-order valence-corrected chi connectivity index (χ4v) is 3.27. The molecule has 0 aromatic rings. The van der Waals surface area contributed by atoms with Gasteiger partial charge in [-0.3, -0.25) is 4.79 Å². The number of carbonyl (C=O) groups is 2. The summed E-state index contributed by atoms with van der Waals surface area (Å²) in [5.74, 6) is -0.814. The number of rotatable bonds is 1.